The Morgan fingerprint density at radius 1 is 0.452 bits per heavy atom. The van der Waals surface area contributed by atoms with Crippen LogP contribution in [0.15, 0.2) is 146 Å². The predicted molar refractivity (Wildman–Crippen MR) is 180 cm³/mol. The maximum absolute atomic E-state index is 5.32. The molecule has 9 rings (SSSR count). The van der Waals surface area contributed by atoms with E-state index in [2.05, 4.69) is 150 Å². The standard InChI is InChI=1S/C39H24N2S/c1-3-11-25(12-4-1)27-19-28(26-13-5-2-6-14-26)21-30(20-27)41-35-17-9-7-16-32(35)39-36(41)23-29-22-33-31-15-8-10-18-37(31)42-38(33)24-34(29)40-39/h1-24H. The molecule has 3 heteroatoms. The number of nitrogens with zero attached hydrogens (tertiary/aromatic N) is 2. The second kappa shape index (κ2) is 9.13. The van der Waals surface area contributed by atoms with Gasteiger partial charge in [0.1, 0.15) is 0 Å². The summed E-state index contributed by atoms with van der Waals surface area (Å²) in [5.74, 6) is 0. The van der Waals surface area contributed by atoms with Gasteiger partial charge in [0, 0.05) is 36.6 Å². The third-order valence-corrected chi connectivity index (χ3v) is 9.46. The minimum Gasteiger partial charge on any atom is -0.308 e. The van der Waals surface area contributed by atoms with E-state index in [1.54, 1.807) is 0 Å². The minimum absolute atomic E-state index is 1.03. The van der Waals surface area contributed by atoms with Crippen molar-refractivity contribution in [1.29, 1.82) is 0 Å². The molecule has 42 heavy (non-hydrogen) atoms. The number of rotatable bonds is 3. The monoisotopic (exact) mass is 552 g/mol. The highest BCUT2D eigenvalue weighted by Gasteiger charge is 2.17. The molecule has 0 saturated carbocycles. The summed E-state index contributed by atoms with van der Waals surface area (Å²) in [4.78, 5) is 5.32. The summed E-state index contributed by atoms with van der Waals surface area (Å²) in [7, 11) is 0. The molecule has 0 saturated heterocycles. The molecule has 0 spiro atoms. The average molecular weight is 553 g/mol. The maximum Gasteiger partial charge on any atom is 0.0971 e. The van der Waals surface area contributed by atoms with E-state index in [0.717, 1.165) is 38.5 Å². The quantitative estimate of drug-likeness (QED) is 0.213. The van der Waals surface area contributed by atoms with Crippen LogP contribution in [0.2, 0.25) is 0 Å². The third-order valence-electron chi connectivity index (χ3n) is 8.32. The van der Waals surface area contributed by atoms with Crippen LogP contribution < -0.4 is 0 Å². The number of pyridine rings is 1. The van der Waals surface area contributed by atoms with Gasteiger partial charge in [-0.1, -0.05) is 97.1 Å². The fourth-order valence-electron chi connectivity index (χ4n) is 6.36. The van der Waals surface area contributed by atoms with Gasteiger partial charge in [-0.3, -0.25) is 0 Å². The first-order valence-corrected chi connectivity index (χ1v) is 15.0. The maximum atomic E-state index is 5.32. The number of para-hydroxylation sites is 1. The Morgan fingerprint density at radius 3 is 1.83 bits per heavy atom. The van der Waals surface area contributed by atoms with Gasteiger partial charge in [-0.2, -0.15) is 0 Å². The fourth-order valence-corrected chi connectivity index (χ4v) is 7.48. The van der Waals surface area contributed by atoms with Crippen molar-refractivity contribution in [3.05, 3.63) is 146 Å². The van der Waals surface area contributed by atoms with E-state index >= 15 is 0 Å². The van der Waals surface area contributed by atoms with E-state index in [-0.39, 0.29) is 0 Å². The molecule has 0 fully saturated rings. The van der Waals surface area contributed by atoms with Crippen LogP contribution in [-0.2, 0) is 0 Å². The van der Waals surface area contributed by atoms with Crippen molar-refractivity contribution in [2.75, 3.05) is 0 Å². The van der Waals surface area contributed by atoms with Gasteiger partial charge in [-0.15, -0.1) is 11.3 Å². The molecule has 0 aliphatic heterocycles. The van der Waals surface area contributed by atoms with E-state index in [0.29, 0.717) is 0 Å². The Hall–Kier alpha value is -5.25. The van der Waals surface area contributed by atoms with Crippen LogP contribution in [0, 0.1) is 0 Å². The summed E-state index contributed by atoms with van der Waals surface area (Å²) in [6, 6.07) is 52.5. The van der Waals surface area contributed by atoms with Crippen molar-refractivity contribution in [3.63, 3.8) is 0 Å². The second-order valence-electron chi connectivity index (χ2n) is 10.8. The minimum atomic E-state index is 1.03. The second-order valence-corrected chi connectivity index (χ2v) is 11.9. The molecule has 6 aromatic carbocycles. The number of hydrogen-bond acceptors (Lipinski definition) is 2. The largest absolute Gasteiger partial charge is 0.308 e. The summed E-state index contributed by atoms with van der Waals surface area (Å²) in [6.45, 7) is 0. The van der Waals surface area contributed by atoms with Crippen LogP contribution >= 0.6 is 11.3 Å². The number of benzene rings is 6. The number of aromatic nitrogens is 2. The third kappa shape index (κ3) is 3.61. The molecule has 0 N–H and O–H groups in total. The Kier molecular flexibility index (Phi) is 5.10. The topological polar surface area (TPSA) is 17.8 Å². The molecule has 3 aromatic heterocycles. The van der Waals surface area contributed by atoms with Gasteiger partial charge in [0.25, 0.3) is 0 Å². The van der Waals surface area contributed by atoms with Gasteiger partial charge in [0.05, 0.1) is 22.1 Å². The van der Waals surface area contributed by atoms with Gasteiger partial charge in [-0.05, 0) is 70.8 Å². The van der Waals surface area contributed by atoms with Gasteiger partial charge in [0.15, 0.2) is 0 Å². The average Bonchev–Trinajstić information content (AvgIpc) is 3.58. The van der Waals surface area contributed by atoms with Crippen molar-refractivity contribution in [2.45, 2.75) is 0 Å². The lowest BCUT2D eigenvalue weighted by molar-refractivity contribution is 1.18. The van der Waals surface area contributed by atoms with Gasteiger partial charge >= 0.3 is 0 Å². The molecule has 2 nitrogen and oxygen atoms in total. The van der Waals surface area contributed by atoms with Crippen LogP contribution in [0.1, 0.15) is 0 Å². The molecule has 0 aliphatic rings. The number of thiophene rings is 1. The summed E-state index contributed by atoms with van der Waals surface area (Å²) in [5.41, 5.74) is 10.3. The van der Waals surface area contributed by atoms with Crippen molar-refractivity contribution < 1.29 is 0 Å². The van der Waals surface area contributed by atoms with E-state index in [4.69, 9.17) is 4.98 Å². The first-order valence-electron chi connectivity index (χ1n) is 14.2. The zero-order valence-electron chi connectivity index (χ0n) is 22.7. The molecule has 0 unspecified atom stereocenters. The lowest BCUT2D eigenvalue weighted by Gasteiger charge is -2.14. The summed E-state index contributed by atoms with van der Waals surface area (Å²) >= 11 is 1.84. The van der Waals surface area contributed by atoms with Crippen LogP contribution in [0.4, 0.5) is 0 Å². The first-order chi connectivity index (χ1) is 20.8. The van der Waals surface area contributed by atoms with E-state index in [1.807, 2.05) is 11.3 Å². The van der Waals surface area contributed by atoms with E-state index in [9.17, 15) is 0 Å². The summed E-state index contributed by atoms with van der Waals surface area (Å²) in [6.07, 6.45) is 0. The number of hydrogen-bond donors (Lipinski definition) is 0. The van der Waals surface area contributed by atoms with Gasteiger partial charge in [-0.25, -0.2) is 4.98 Å². The highest BCUT2D eigenvalue weighted by Crippen LogP contribution is 2.39. The van der Waals surface area contributed by atoms with Crippen molar-refractivity contribution in [3.8, 4) is 27.9 Å². The zero-order valence-corrected chi connectivity index (χ0v) is 23.5. The lowest BCUT2D eigenvalue weighted by atomic mass is 9.98. The van der Waals surface area contributed by atoms with Crippen molar-refractivity contribution in [1.82, 2.24) is 9.55 Å². The van der Waals surface area contributed by atoms with Gasteiger partial charge in [0.2, 0.25) is 0 Å². The number of fused-ring (bicyclic) bond motifs is 7. The van der Waals surface area contributed by atoms with Gasteiger partial charge < -0.3 is 4.57 Å². The summed E-state index contributed by atoms with van der Waals surface area (Å²) < 4.78 is 4.99. The molecule has 196 valence electrons. The van der Waals surface area contributed by atoms with Crippen LogP contribution in [0.25, 0.3) is 81.0 Å². The molecule has 0 bridgehead atoms. The van der Waals surface area contributed by atoms with E-state index < -0.39 is 0 Å². The zero-order chi connectivity index (χ0) is 27.6. The fraction of sp³-hybridized carbons (Fsp3) is 0. The Labute approximate surface area is 246 Å². The smallest absolute Gasteiger partial charge is 0.0971 e. The highest BCUT2D eigenvalue weighted by atomic mass is 32.1. The molecule has 3 heterocycles. The molecule has 9 aromatic rings. The molecule has 0 radical (unpaired) electrons. The van der Waals surface area contributed by atoms with Crippen LogP contribution in [0.5, 0.6) is 0 Å². The Bertz CT molecular complexity index is 2390. The molecule has 0 amide bonds. The predicted octanol–water partition coefficient (Wildman–Crippen LogP) is 11.0. The van der Waals surface area contributed by atoms with Crippen LogP contribution in [0.3, 0.4) is 0 Å². The van der Waals surface area contributed by atoms with Crippen molar-refractivity contribution >= 4 is 64.3 Å². The summed E-state index contributed by atoms with van der Waals surface area (Å²) in [5, 5.41) is 4.93. The van der Waals surface area contributed by atoms with Crippen LogP contribution in [-0.4, -0.2) is 9.55 Å². The molecular weight excluding hydrogens is 529 g/mol. The molecule has 0 atom stereocenters. The highest BCUT2D eigenvalue weighted by molar-refractivity contribution is 7.25. The lowest BCUT2D eigenvalue weighted by Crippen LogP contribution is -1.96. The van der Waals surface area contributed by atoms with Crippen molar-refractivity contribution in [2.24, 2.45) is 0 Å². The molecular formula is C39H24N2S. The molecule has 0 aliphatic carbocycles. The first kappa shape index (κ1) is 23.5. The SMILES string of the molecule is c1ccc(-c2cc(-c3ccccc3)cc(-n3c4ccccc4c4nc5cc6sc7ccccc7c6cc5cc43)c2)cc1. The Balaban J connectivity index is 1.37. The normalized spacial score (nSPS) is 11.8. The van der Waals surface area contributed by atoms with E-state index in [1.165, 1.54) is 42.4 Å². The Morgan fingerprint density at radius 2 is 1.10 bits per heavy atom.